The number of aromatic nitrogens is 2. The van der Waals surface area contributed by atoms with E-state index < -0.39 is 6.04 Å². The molecule has 37 heavy (non-hydrogen) atoms. The van der Waals surface area contributed by atoms with Gasteiger partial charge in [-0.25, -0.2) is 9.37 Å². The second-order valence-corrected chi connectivity index (χ2v) is 8.93. The third-order valence-electron chi connectivity index (χ3n) is 5.94. The average molecular weight is 498 g/mol. The van der Waals surface area contributed by atoms with E-state index in [-0.39, 0.29) is 11.7 Å². The first-order chi connectivity index (χ1) is 18.0. The highest BCUT2D eigenvalue weighted by molar-refractivity contribution is 5.84. The maximum absolute atomic E-state index is 13.2. The Bertz CT molecular complexity index is 1270. The molecule has 0 saturated carbocycles. The van der Waals surface area contributed by atoms with Crippen LogP contribution in [0.1, 0.15) is 22.4 Å². The summed E-state index contributed by atoms with van der Waals surface area (Å²) in [6.45, 7) is 3.04. The molecule has 3 N–H and O–H groups in total. The lowest BCUT2D eigenvalue weighted by Gasteiger charge is -2.20. The molecule has 1 atom stereocenters. The van der Waals surface area contributed by atoms with Gasteiger partial charge >= 0.3 is 0 Å². The van der Waals surface area contributed by atoms with E-state index in [1.807, 2.05) is 61.5 Å². The maximum atomic E-state index is 13.2. The predicted octanol–water partition coefficient (Wildman–Crippen LogP) is 4.96. The number of carbonyl (C=O) groups is 1. The topological polar surface area (TPSA) is 78.9 Å². The van der Waals surface area contributed by atoms with E-state index in [1.54, 1.807) is 12.1 Å². The maximum Gasteiger partial charge on any atom is 0.242 e. The van der Waals surface area contributed by atoms with Crippen LogP contribution in [0.15, 0.2) is 91.0 Å². The lowest BCUT2D eigenvalue weighted by Crippen LogP contribution is -2.42. The van der Waals surface area contributed by atoms with Crippen LogP contribution in [-0.2, 0) is 24.1 Å². The van der Waals surface area contributed by atoms with Crippen LogP contribution in [0.4, 0.5) is 16.2 Å². The number of aryl methyl sites for hydroxylation is 1. The number of hydrogen-bond acceptors (Lipinski definition) is 5. The van der Waals surface area contributed by atoms with Crippen molar-refractivity contribution in [1.82, 2.24) is 15.3 Å². The molecule has 0 spiro atoms. The van der Waals surface area contributed by atoms with Crippen molar-refractivity contribution in [2.24, 2.45) is 0 Å². The Balaban J connectivity index is 1.40. The first-order valence-corrected chi connectivity index (χ1v) is 12.5. The van der Waals surface area contributed by atoms with E-state index in [9.17, 15) is 9.18 Å². The van der Waals surface area contributed by atoms with Crippen LogP contribution in [0.5, 0.6) is 0 Å². The van der Waals surface area contributed by atoms with Crippen molar-refractivity contribution >= 4 is 17.7 Å². The predicted molar refractivity (Wildman–Crippen MR) is 146 cm³/mol. The van der Waals surface area contributed by atoms with Crippen LogP contribution in [0.3, 0.4) is 0 Å². The zero-order chi connectivity index (χ0) is 25.9. The standard InChI is InChI=1S/C30H32FN5O/c1-22-20-28(36-30(34-22)33-19-17-24-12-14-26(31)15-13-24)35-27(21-25-10-6-3-7-11-25)29(37)32-18-16-23-8-4-2-5-9-23/h2-15,20,27H,16-19,21H2,1H3,(H,32,37)(H2,33,34,35,36)/t27-/m0/s1. The molecule has 1 heterocycles. The smallest absolute Gasteiger partial charge is 0.242 e. The highest BCUT2D eigenvalue weighted by Crippen LogP contribution is 2.14. The van der Waals surface area contributed by atoms with Gasteiger partial charge < -0.3 is 16.0 Å². The van der Waals surface area contributed by atoms with E-state index in [0.717, 1.165) is 23.2 Å². The molecule has 7 heteroatoms. The minimum atomic E-state index is -0.500. The van der Waals surface area contributed by atoms with Gasteiger partial charge in [0.1, 0.15) is 17.7 Å². The SMILES string of the molecule is Cc1cc(N[C@@H](Cc2ccccc2)C(=O)NCCc2ccccc2)nc(NCCc2ccc(F)cc2)n1. The zero-order valence-electron chi connectivity index (χ0n) is 21.0. The van der Waals surface area contributed by atoms with E-state index in [0.29, 0.717) is 37.7 Å². The van der Waals surface area contributed by atoms with Gasteiger partial charge in [0.15, 0.2) is 0 Å². The van der Waals surface area contributed by atoms with Crippen molar-refractivity contribution in [3.8, 4) is 0 Å². The van der Waals surface area contributed by atoms with Crippen LogP contribution in [0.25, 0.3) is 0 Å². The van der Waals surface area contributed by atoms with Crippen LogP contribution < -0.4 is 16.0 Å². The first-order valence-electron chi connectivity index (χ1n) is 12.5. The molecule has 0 fully saturated rings. The molecule has 1 amide bonds. The molecule has 0 radical (unpaired) electrons. The number of anilines is 2. The van der Waals surface area contributed by atoms with Crippen molar-refractivity contribution in [2.45, 2.75) is 32.2 Å². The molecular formula is C30H32FN5O. The molecule has 0 aliphatic rings. The Morgan fingerprint density at radius 1 is 0.811 bits per heavy atom. The summed E-state index contributed by atoms with van der Waals surface area (Å²) in [5.74, 6) is 0.731. The summed E-state index contributed by atoms with van der Waals surface area (Å²) in [5, 5.41) is 9.63. The number of benzene rings is 3. The molecule has 0 aliphatic carbocycles. The minimum absolute atomic E-state index is 0.0816. The molecule has 3 aromatic carbocycles. The average Bonchev–Trinajstić information content (AvgIpc) is 2.90. The van der Waals surface area contributed by atoms with Gasteiger partial charge in [-0.15, -0.1) is 0 Å². The fraction of sp³-hybridized carbons (Fsp3) is 0.233. The Morgan fingerprint density at radius 2 is 1.43 bits per heavy atom. The zero-order valence-corrected chi connectivity index (χ0v) is 21.0. The van der Waals surface area contributed by atoms with Gasteiger partial charge in [-0.2, -0.15) is 4.98 Å². The molecule has 0 aliphatic heterocycles. The number of carbonyl (C=O) groups excluding carboxylic acids is 1. The van der Waals surface area contributed by atoms with Crippen molar-refractivity contribution in [3.05, 3.63) is 119 Å². The normalized spacial score (nSPS) is 11.5. The molecular weight excluding hydrogens is 465 g/mol. The number of nitrogens with zero attached hydrogens (tertiary/aromatic N) is 2. The first kappa shape index (κ1) is 25.8. The lowest BCUT2D eigenvalue weighted by atomic mass is 10.0. The van der Waals surface area contributed by atoms with Crippen molar-refractivity contribution in [2.75, 3.05) is 23.7 Å². The second-order valence-electron chi connectivity index (χ2n) is 8.93. The highest BCUT2D eigenvalue weighted by atomic mass is 19.1. The number of halogens is 1. The van der Waals surface area contributed by atoms with Gasteiger partial charge in [-0.3, -0.25) is 4.79 Å². The minimum Gasteiger partial charge on any atom is -0.358 e. The second kappa shape index (κ2) is 13.2. The highest BCUT2D eigenvalue weighted by Gasteiger charge is 2.20. The third-order valence-corrected chi connectivity index (χ3v) is 5.94. The summed E-state index contributed by atoms with van der Waals surface area (Å²) in [7, 11) is 0. The quantitative estimate of drug-likeness (QED) is 0.258. The van der Waals surface area contributed by atoms with Gasteiger partial charge in [0, 0.05) is 31.3 Å². The number of amides is 1. The molecule has 4 rings (SSSR count). The molecule has 0 saturated heterocycles. The summed E-state index contributed by atoms with van der Waals surface area (Å²) in [4.78, 5) is 22.3. The summed E-state index contributed by atoms with van der Waals surface area (Å²) in [6, 6.07) is 27.8. The Labute approximate surface area is 217 Å². The Morgan fingerprint density at radius 3 is 2.14 bits per heavy atom. The summed E-state index contributed by atoms with van der Waals surface area (Å²) in [5.41, 5.74) is 4.04. The lowest BCUT2D eigenvalue weighted by molar-refractivity contribution is -0.121. The van der Waals surface area contributed by atoms with Crippen LogP contribution in [-0.4, -0.2) is 35.0 Å². The fourth-order valence-corrected chi connectivity index (χ4v) is 4.03. The molecule has 4 aromatic rings. The molecule has 190 valence electrons. The Hall–Kier alpha value is -4.26. The number of rotatable bonds is 12. The van der Waals surface area contributed by atoms with Crippen molar-refractivity contribution in [3.63, 3.8) is 0 Å². The van der Waals surface area contributed by atoms with E-state index in [2.05, 4.69) is 38.1 Å². The summed E-state index contributed by atoms with van der Waals surface area (Å²) in [6.07, 6.45) is 1.99. The monoisotopic (exact) mass is 497 g/mol. The van der Waals surface area contributed by atoms with E-state index in [4.69, 9.17) is 0 Å². The van der Waals surface area contributed by atoms with Gasteiger partial charge in [-0.05, 0) is 48.6 Å². The number of hydrogen-bond donors (Lipinski definition) is 3. The van der Waals surface area contributed by atoms with E-state index >= 15 is 0 Å². The van der Waals surface area contributed by atoms with Crippen molar-refractivity contribution < 1.29 is 9.18 Å². The fourth-order valence-electron chi connectivity index (χ4n) is 4.03. The van der Waals surface area contributed by atoms with Gasteiger partial charge in [0.25, 0.3) is 0 Å². The van der Waals surface area contributed by atoms with Crippen LogP contribution in [0, 0.1) is 12.7 Å². The van der Waals surface area contributed by atoms with Gasteiger partial charge in [0.2, 0.25) is 11.9 Å². The molecule has 0 unspecified atom stereocenters. The van der Waals surface area contributed by atoms with Gasteiger partial charge in [-0.1, -0.05) is 72.8 Å². The largest absolute Gasteiger partial charge is 0.358 e. The molecule has 6 nitrogen and oxygen atoms in total. The molecule has 1 aromatic heterocycles. The Kier molecular flexibility index (Phi) is 9.18. The summed E-state index contributed by atoms with van der Waals surface area (Å²) >= 11 is 0. The summed E-state index contributed by atoms with van der Waals surface area (Å²) < 4.78 is 13.1. The van der Waals surface area contributed by atoms with Gasteiger partial charge in [0.05, 0.1) is 0 Å². The van der Waals surface area contributed by atoms with Crippen molar-refractivity contribution in [1.29, 1.82) is 0 Å². The van der Waals surface area contributed by atoms with Crippen LogP contribution >= 0.6 is 0 Å². The number of nitrogens with one attached hydrogen (secondary N) is 3. The third kappa shape index (κ3) is 8.42. The van der Waals surface area contributed by atoms with Crippen LogP contribution in [0.2, 0.25) is 0 Å². The van der Waals surface area contributed by atoms with E-state index in [1.165, 1.54) is 17.7 Å². The molecule has 0 bridgehead atoms.